The molecule has 2 atom stereocenters. The van der Waals surface area contributed by atoms with Gasteiger partial charge in [0.15, 0.2) is 0 Å². The second kappa shape index (κ2) is 9.83. The number of ether oxygens (including phenoxy) is 1. The van der Waals surface area contributed by atoms with Crippen molar-refractivity contribution in [1.29, 1.82) is 0 Å². The summed E-state index contributed by atoms with van der Waals surface area (Å²) in [5.41, 5.74) is -0.267. The van der Waals surface area contributed by atoms with E-state index in [1.54, 1.807) is 17.8 Å². The van der Waals surface area contributed by atoms with Gasteiger partial charge in [0.25, 0.3) is 5.56 Å². The minimum atomic E-state index is -0.977. The van der Waals surface area contributed by atoms with E-state index >= 15 is 0 Å². The van der Waals surface area contributed by atoms with Gasteiger partial charge in [0.05, 0.1) is 24.0 Å². The molecule has 4 rings (SSSR count). The number of thioether (sulfide) groups is 1. The topological polar surface area (TPSA) is 78.5 Å². The number of hydrogen-bond acceptors (Lipinski definition) is 6. The summed E-state index contributed by atoms with van der Waals surface area (Å²) in [6.45, 7) is 1.34. The minimum Gasteiger partial charge on any atom is -0.493 e. The maximum Gasteiger partial charge on any atom is 0.261 e. The lowest BCUT2D eigenvalue weighted by Crippen LogP contribution is -2.41. The van der Waals surface area contributed by atoms with E-state index in [2.05, 4.69) is 9.97 Å². The highest BCUT2D eigenvalue weighted by Crippen LogP contribution is 2.30. The van der Waals surface area contributed by atoms with E-state index in [0.717, 1.165) is 32.2 Å². The van der Waals surface area contributed by atoms with Crippen LogP contribution in [0.2, 0.25) is 0 Å². The summed E-state index contributed by atoms with van der Waals surface area (Å²) in [4.78, 5) is 21.5. The van der Waals surface area contributed by atoms with Gasteiger partial charge in [-0.25, -0.2) is 13.8 Å². The van der Waals surface area contributed by atoms with Gasteiger partial charge < -0.3 is 19.7 Å². The number of likely N-dealkylation sites (tertiary alicyclic amines) is 1. The highest BCUT2D eigenvalue weighted by atomic mass is 32.2. The van der Waals surface area contributed by atoms with Gasteiger partial charge in [-0.2, -0.15) is 11.8 Å². The third kappa shape index (κ3) is 5.56. The van der Waals surface area contributed by atoms with Gasteiger partial charge in [0.1, 0.15) is 28.9 Å². The molecule has 1 aromatic carbocycles. The van der Waals surface area contributed by atoms with Crippen LogP contribution >= 0.6 is 11.8 Å². The van der Waals surface area contributed by atoms with E-state index in [1.807, 2.05) is 11.9 Å². The van der Waals surface area contributed by atoms with Crippen molar-refractivity contribution in [2.24, 2.45) is 5.92 Å². The van der Waals surface area contributed by atoms with Gasteiger partial charge in [-0.15, -0.1) is 0 Å². The molecule has 31 heavy (non-hydrogen) atoms. The fourth-order valence-corrected chi connectivity index (χ4v) is 5.44. The number of alkyl halides is 1. The minimum absolute atomic E-state index is 0.0930. The van der Waals surface area contributed by atoms with Gasteiger partial charge in [0, 0.05) is 29.8 Å². The van der Waals surface area contributed by atoms with Crippen molar-refractivity contribution >= 4 is 22.7 Å². The van der Waals surface area contributed by atoms with E-state index in [4.69, 9.17) is 4.74 Å². The molecule has 2 fully saturated rings. The number of aliphatic hydroxyl groups is 1. The Morgan fingerprint density at radius 2 is 2.06 bits per heavy atom. The third-order valence-corrected chi connectivity index (χ3v) is 7.61. The van der Waals surface area contributed by atoms with Crippen molar-refractivity contribution in [3.8, 4) is 5.75 Å². The standard InChI is InChI=1S/C22H29F2N3O3S/c1-27-7-6-13(18(24)10-27)11-30-15-8-17(23)21-19(9-15)25-20(26-22(21)29)12-31-16-4-2-14(28)3-5-16/h8-9,13-14,16,18,28H,2-7,10-12H2,1H3,(H,25,26,29)/t13-,14?,16?,18+/m0/s1. The Morgan fingerprint density at radius 1 is 1.29 bits per heavy atom. The average molecular weight is 454 g/mol. The normalized spacial score (nSPS) is 27.5. The third-order valence-electron chi connectivity index (χ3n) is 6.23. The molecular weight excluding hydrogens is 424 g/mol. The number of H-pyrrole nitrogens is 1. The first-order valence-corrected chi connectivity index (χ1v) is 11.9. The molecule has 1 aliphatic heterocycles. The molecule has 2 heterocycles. The van der Waals surface area contributed by atoms with Crippen LogP contribution < -0.4 is 10.3 Å². The second-order valence-corrected chi connectivity index (χ2v) is 9.98. The molecule has 0 spiro atoms. The van der Waals surface area contributed by atoms with Crippen LogP contribution in [0, 0.1) is 11.7 Å². The smallest absolute Gasteiger partial charge is 0.261 e. The number of benzene rings is 1. The van der Waals surface area contributed by atoms with Crippen LogP contribution in [0.1, 0.15) is 37.9 Å². The SMILES string of the molecule is CN1CC[C@@H](COc2cc(F)c3c(=O)[nH]c(CSC4CCC(O)CC4)nc3c2)[C@H](F)C1. The molecule has 0 radical (unpaired) electrons. The summed E-state index contributed by atoms with van der Waals surface area (Å²) in [5, 5.41) is 9.96. The molecule has 2 aliphatic rings. The van der Waals surface area contributed by atoms with E-state index in [-0.39, 0.29) is 35.3 Å². The predicted octanol–water partition coefficient (Wildman–Crippen LogP) is 3.27. The van der Waals surface area contributed by atoms with Gasteiger partial charge in [-0.05, 0) is 45.7 Å². The fourth-order valence-electron chi connectivity index (χ4n) is 4.30. The fraction of sp³-hybridized carbons (Fsp3) is 0.636. The van der Waals surface area contributed by atoms with Gasteiger partial charge >= 0.3 is 0 Å². The summed E-state index contributed by atoms with van der Waals surface area (Å²) < 4.78 is 34.5. The Labute approximate surface area is 184 Å². The van der Waals surface area contributed by atoms with Crippen LogP contribution in [0.25, 0.3) is 10.9 Å². The quantitative estimate of drug-likeness (QED) is 0.699. The molecule has 0 unspecified atom stereocenters. The molecule has 9 heteroatoms. The molecule has 0 bridgehead atoms. The van der Waals surface area contributed by atoms with Crippen LogP contribution in [0.15, 0.2) is 16.9 Å². The predicted molar refractivity (Wildman–Crippen MR) is 118 cm³/mol. The van der Waals surface area contributed by atoms with Crippen molar-refractivity contribution in [3.63, 3.8) is 0 Å². The van der Waals surface area contributed by atoms with Crippen molar-refractivity contribution in [2.45, 2.75) is 55.4 Å². The Bertz CT molecular complexity index is 965. The molecule has 2 N–H and O–H groups in total. The Morgan fingerprint density at radius 3 is 2.81 bits per heavy atom. The highest BCUT2D eigenvalue weighted by molar-refractivity contribution is 7.99. The number of nitrogens with zero attached hydrogens (tertiary/aromatic N) is 2. The largest absolute Gasteiger partial charge is 0.493 e. The van der Waals surface area contributed by atoms with Crippen LogP contribution in [-0.2, 0) is 5.75 Å². The number of hydrogen-bond donors (Lipinski definition) is 2. The molecule has 6 nitrogen and oxygen atoms in total. The van der Waals surface area contributed by atoms with Crippen molar-refractivity contribution < 1.29 is 18.6 Å². The number of rotatable bonds is 6. The lowest BCUT2D eigenvalue weighted by atomic mass is 9.96. The Hall–Kier alpha value is -1.71. The van der Waals surface area contributed by atoms with Crippen LogP contribution in [-0.4, -0.2) is 64.2 Å². The molecule has 2 aromatic rings. The van der Waals surface area contributed by atoms with E-state index < -0.39 is 17.5 Å². The number of piperidine rings is 1. The zero-order valence-electron chi connectivity index (χ0n) is 17.7. The number of nitrogens with one attached hydrogen (secondary N) is 1. The summed E-state index contributed by atoms with van der Waals surface area (Å²) in [7, 11) is 1.89. The number of fused-ring (bicyclic) bond motifs is 1. The van der Waals surface area contributed by atoms with Crippen molar-refractivity contribution in [2.75, 3.05) is 26.7 Å². The van der Waals surface area contributed by atoms with Gasteiger partial charge in [-0.3, -0.25) is 4.79 Å². The number of aromatic amines is 1. The lowest BCUT2D eigenvalue weighted by Gasteiger charge is -2.32. The molecular formula is C22H29F2N3O3S. The van der Waals surface area contributed by atoms with Crippen molar-refractivity contribution in [1.82, 2.24) is 14.9 Å². The lowest BCUT2D eigenvalue weighted by molar-refractivity contribution is 0.0695. The summed E-state index contributed by atoms with van der Waals surface area (Å²) in [6, 6.07) is 2.73. The summed E-state index contributed by atoms with van der Waals surface area (Å²) in [6.07, 6.45) is 2.95. The molecule has 0 amide bonds. The Kier molecular flexibility index (Phi) is 7.13. The zero-order chi connectivity index (χ0) is 22.0. The van der Waals surface area contributed by atoms with E-state index in [9.17, 15) is 18.7 Å². The molecule has 170 valence electrons. The van der Waals surface area contributed by atoms with Gasteiger partial charge in [-0.1, -0.05) is 0 Å². The Balaban J connectivity index is 1.45. The van der Waals surface area contributed by atoms with Crippen LogP contribution in [0.3, 0.4) is 0 Å². The maximum absolute atomic E-state index is 14.6. The van der Waals surface area contributed by atoms with Crippen LogP contribution in [0.4, 0.5) is 8.78 Å². The number of aromatic nitrogens is 2. The first-order valence-electron chi connectivity index (χ1n) is 10.9. The van der Waals surface area contributed by atoms with E-state index in [1.165, 1.54) is 6.07 Å². The monoisotopic (exact) mass is 453 g/mol. The number of aliphatic hydroxyl groups excluding tert-OH is 1. The second-order valence-electron chi connectivity index (χ2n) is 8.69. The average Bonchev–Trinajstić information content (AvgIpc) is 2.72. The summed E-state index contributed by atoms with van der Waals surface area (Å²) >= 11 is 1.69. The molecule has 1 saturated heterocycles. The van der Waals surface area contributed by atoms with Gasteiger partial charge in [0.2, 0.25) is 0 Å². The molecule has 1 aliphatic carbocycles. The number of halogens is 2. The highest BCUT2D eigenvalue weighted by Gasteiger charge is 2.28. The van der Waals surface area contributed by atoms with E-state index in [0.29, 0.717) is 29.8 Å². The first-order chi connectivity index (χ1) is 14.9. The van der Waals surface area contributed by atoms with Crippen molar-refractivity contribution in [3.05, 3.63) is 34.1 Å². The molecule has 1 saturated carbocycles. The first kappa shape index (κ1) is 22.5. The van der Waals surface area contributed by atoms with Crippen LogP contribution in [0.5, 0.6) is 5.75 Å². The maximum atomic E-state index is 14.6. The zero-order valence-corrected chi connectivity index (χ0v) is 18.5. The summed E-state index contributed by atoms with van der Waals surface area (Å²) in [5.74, 6) is 0.334. The molecule has 1 aromatic heterocycles.